The van der Waals surface area contributed by atoms with Crippen LogP contribution in [0.25, 0.3) is 0 Å². The van der Waals surface area contributed by atoms with Gasteiger partial charge in [0.05, 0.1) is 4.92 Å². The summed E-state index contributed by atoms with van der Waals surface area (Å²) < 4.78 is 0. The normalized spacial score (nSPS) is 12.2. The summed E-state index contributed by atoms with van der Waals surface area (Å²) in [4.78, 5) is 24.2. The number of nitro benzene ring substituents is 1. The highest BCUT2D eigenvalue weighted by Crippen LogP contribution is 2.21. The topological polar surface area (TPSA) is 102 Å². The molecule has 0 aliphatic heterocycles. The van der Waals surface area contributed by atoms with E-state index in [9.17, 15) is 14.9 Å². The van der Waals surface area contributed by atoms with Crippen LogP contribution in [-0.4, -0.2) is 42.4 Å². The van der Waals surface area contributed by atoms with Crippen LogP contribution in [-0.2, 0) is 0 Å². The van der Waals surface area contributed by atoms with Gasteiger partial charge in [-0.1, -0.05) is 0 Å². The first kappa shape index (κ1) is 14.9. The van der Waals surface area contributed by atoms with Crippen LogP contribution in [0.2, 0.25) is 0 Å². The molecule has 0 bridgehead atoms. The number of amides is 1. The number of nitrogens with zero attached hydrogens (tertiary/aromatic N) is 2. The van der Waals surface area contributed by atoms with E-state index in [1.165, 1.54) is 18.2 Å². The third-order valence-corrected chi connectivity index (χ3v) is 2.48. The Morgan fingerprint density at radius 1 is 1.53 bits per heavy atom. The Morgan fingerprint density at radius 2 is 2.16 bits per heavy atom. The summed E-state index contributed by atoms with van der Waals surface area (Å²) in [6, 6.07) is 3.83. The van der Waals surface area contributed by atoms with Crippen molar-refractivity contribution in [3.05, 3.63) is 33.9 Å². The number of carbonyl (C=O) groups excluding carboxylic acids is 1. The second-order valence-electron chi connectivity index (χ2n) is 4.67. The van der Waals surface area contributed by atoms with Crippen LogP contribution in [0.1, 0.15) is 17.3 Å². The number of rotatable bonds is 5. The molecular formula is C12H18N4O3. The van der Waals surface area contributed by atoms with E-state index in [0.717, 1.165) is 0 Å². The Kier molecular flexibility index (Phi) is 4.82. The largest absolute Gasteiger partial charge is 0.399 e. The number of anilines is 1. The van der Waals surface area contributed by atoms with Gasteiger partial charge in [0.25, 0.3) is 11.6 Å². The Bertz CT molecular complexity index is 488. The lowest BCUT2D eigenvalue weighted by Crippen LogP contribution is -2.39. The molecule has 0 spiro atoms. The van der Waals surface area contributed by atoms with Crippen molar-refractivity contribution in [1.82, 2.24) is 10.2 Å². The van der Waals surface area contributed by atoms with E-state index in [0.29, 0.717) is 12.2 Å². The minimum absolute atomic E-state index is 0.0180. The predicted molar refractivity (Wildman–Crippen MR) is 73.0 cm³/mol. The molecule has 1 aromatic rings. The number of nitro groups is 1. The van der Waals surface area contributed by atoms with Crippen molar-refractivity contribution in [3.8, 4) is 0 Å². The molecule has 0 aliphatic rings. The highest BCUT2D eigenvalue weighted by atomic mass is 16.6. The molecule has 1 atom stereocenters. The Labute approximate surface area is 111 Å². The van der Waals surface area contributed by atoms with Crippen LogP contribution >= 0.6 is 0 Å². The molecule has 0 radical (unpaired) electrons. The van der Waals surface area contributed by atoms with E-state index in [1.54, 1.807) is 0 Å². The summed E-state index contributed by atoms with van der Waals surface area (Å²) in [5.74, 6) is -0.492. The molecule has 1 unspecified atom stereocenters. The first-order valence-corrected chi connectivity index (χ1v) is 5.80. The lowest BCUT2D eigenvalue weighted by Gasteiger charge is -2.18. The molecule has 0 aliphatic carbocycles. The minimum Gasteiger partial charge on any atom is -0.399 e. The number of hydrogen-bond acceptors (Lipinski definition) is 5. The quantitative estimate of drug-likeness (QED) is 0.467. The monoisotopic (exact) mass is 266 g/mol. The first-order chi connectivity index (χ1) is 8.81. The van der Waals surface area contributed by atoms with Crippen LogP contribution in [0.15, 0.2) is 18.2 Å². The van der Waals surface area contributed by atoms with Gasteiger partial charge in [-0.3, -0.25) is 14.9 Å². The molecule has 0 fully saturated rings. The number of carbonyl (C=O) groups is 1. The molecule has 0 heterocycles. The maximum Gasteiger partial charge on any atom is 0.282 e. The van der Waals surface area contributed by atoms with Crippen molar-refractivity contribution < 1.29 is 9.72 Å². The van der Waals surface area contributed by atoms with Crippen molar-refractivity contribution in [1.29, 1.82) is 0 Å². The average Bonchev–Trinajstić information content (AvgIpc) is 2.26. The Balaban J connectivity index is 2.92. The summed E-state index contributed by atoms with van der Waals surface area (Å²) in [6.45, 7) is 2.47. The standard InChI is InChI=1S/C12H18N4O3/c1-8(7-15(2)3)14-12(17)10-6-9(13)4-5-11(10)16(18)19/h4-6,8H,7,13H2,1-3H3,(H,14,17). The maximum absolute atomic E-state index is 12.0. The number of nitrogen functional groups attached to an aromatic ring is 1. The van der Waals surface area contributed by atoms with Gasteiger partial charge in [-0.05, 0) is 33.2 Å². The lowest BCUT2D eigenvalue weighted by atomic mass is 10.1. The molecule has 7 nitrogen and oxygen atoms in total. The van der Waals surface area contributed by atoms with Crippen LogP contribution in [0.4, 0.5) is 11.4 Å². The molecule has 1 rings (SSSR count). The highest BCUT2D eigenvalue weighted by molar-refractivity contribution is 5.99. The summed E-state index contributed by atoms with van der Waals surface area (Å²) in [5.41, 5.74) is 5.62. The van der Waals surface area contributed by atoms with Gasteiger partial charge in [0.15, 0.2) is 0 Å². The smallest absolute Gasteiger partial charge is 0.282 e. The van der Waals surface area contributed by atoms with Crippen molar-refractivity contribution in [2.24, 2.45) is 0 Å². The zero-order valence-corrected chi connectivity index (χ0v) is 11.2. The number of likely N-dealkylation sites (N-methyl/N-ethyl adjacent to an activating group) is 1. The van der Waals surface area contributed by atoms with Crippen LogP contribution < -0.4 is 11.1 Å². The first-order valence-electron chi connectivity index (χ1n) is 5.80. The van der Waals surface area contributed by atoms with Crippen LogP contribution in [0, 0.1) is 10.1 Å². The molecule has 0 aromatic heterocycles. The molecule has 1 amide bonds. The fourth-order valence-electron chi connectivity index (χ4n) is 1.79. The van der Waals surface area contributed by atoms with Crippen molar-refractivity contribution in [2.75, 3.05) is 26.4 Å². The zero-order chi connectivity index (χ0) is 14.6. The van der Waals surface area contributed by atoms with Gasteiger partial charge in [0, 0.05) is 24.3 Å². The second kappa shape index (κ2) is 6.14. The molecule has 0 saturated heterocycles. The number of nitrogens with one attached hydrogen (secondary N) is 1. The number of hydrogen-bond donors (Lipinski definition) is 2. The van der Waals surface area contributed by atoms with Gasteiger partial charge < -0.3 is 16.0 Å². The van der Waals surface area contributed by atoms with E-state index < -0.39 is 10.8 Å². The third-order valence-electron chi connectivity index (χ3n) is 2.48. The van der Waals surface area contributed by atoms with E-state index in [2.05, 4.69) is 5.32 Å². The summed E-state index contributed by atoms with van der Waals surface area (Å²) >= 11 is 0. The van der Waals surface area contributed by atoms with E-state index >= 15 is 0 Å². The molecule has 3 N–H and O–H groups in total. The highest BCUT2D eigenvalue weighted by Gasteiger charge is 2.21. The fraction of sp³-hybridized carbons (Fsp3) is 0.417. The number of benzene rings is 1. The van der Waals surface area contributed by atoms with E-state index in [4.69, 9.17) is 5.73 Å². The average molecular weight is 266 g/mol. The lowest BCUT2D eigenvalue weighted by molar-refractivity contribution is -0.385. The van der Waals surface area contributed by atoms with Gasteiger partial charge in [-0.25, -0.2) is 0 Å². The second-order valence-corrected chi connectivity index (χ2v) is 4.67. The van der Waals surface area contributed by atoms with Crippen molar-refractivity contribution in [3.63, 3.8) is 0 Å². The summed E-state index contributed by atoms with van der Waals surface area (Å²) in [6.07, 6.45) is 0. The van der Waals surface area contributed by atoms with Crippen LogP contribution in [0.3, 0.4) is 0 Å². The minimum atomic E-state index is -0.592. The van der Waals surface area contributed by atoms with Gasteiger partial charge in [-0.2, -0.15) is 0 Å². The molecular weight excluding hydrogens is 248 g/mol. The molecule has 7 heteroatoms. The molecule has 0 saturated carbocycles. The zero-order valence-electron chi connectivity index (χ0n) is 11.2. The molecule has 104 valence electrons. The van der Waals surface area contributed by atoms with Gasteiger partial charge in [0.1, 0.15) is 5.56 Å². The van der Waals surface area contributed by atoms with Crippen molar-refractivity contribution >= 4 is 17.3 Å². The SMILES string of the molecule is CC(CN(C)C)NC(=O)c1cc(N)ccc1[N+](=O)[O-]. The predicted octanol–water partition coefficient (Wildman–Crippen LogP) is 0.857. The maximum atomic E-state index is 12.0. The molecule has 19 heavy (non-hydrogen) atoms. The Morgan fingerprint density at radius 3 is 2.68 bits per heavy atom. The van der Waals surface area contributed by atoms with E-state index in [1.807, 2.05) is 25.9 Å². The summed E-state index contributed by atoms with van der Waals surface area (Å²) in [7, 11) is 3.76. The fourth-order valence-corrected chi connectivity index (χ4v) is 1.79. The third kappa shape index (κ3) is 4.22. The Hall–Kier alpha value is -2.15. The molecule has 1 aromatic carbocycles. The van der Waals surface area contributed by atoms with E-state index in [-0.39, 0.29) is 17.3 Å². The van der Waals surface area contributed by atoms with Gasteiger partial charge >= 0.3 is 0 Å². The van der Waals surface area contributed by atoms with Crippen molar-refractivity contribution in [2.45, 2.75) is 13.0 Å². The van der Waals surface area contributed by atoms with Gasteiger partial charge in [-0.15, -0.1) is 0 Å². The summed E-state index contributed by atoms with van der Waals surface area (Å²) in [5, 5.41) is 13.6. The number of nitrogens with two attached hydrogens (primary N) is 1. The van der Waals surface area contributed by atoms with Gasteiger partial charge in [0.2, 0.25) is 0 Å². The van der Waals surface area contributed by atoms with Crippen LogP contribution in [0.5, 0.6) is 0 Å².